The highest BCUT2D eigenvalue weighted by molar-refractivity contribution is 5.21. The van der Waals surface area contributed by atoms with Gasteiger partial charge in [-0.05, 0) is 46.6 Å². The van der Waals surface area contributed by atoms with Crippen LogP contribution < -0.4 is 0 Å². The molecule has 0 fully saturated rings. The molecule has 0 aromatic heterocycles. The van der Waals surface area contributed by atoms with Gasteiger partial charge in [-0.3, -0.25) is 0 Å². The van der Waals surface area contributed by atoms with E-state index >= 15 is 0 Å². The van der Waals surface area contributed by atoms with Crippen molar-refractivity contribution in [3.63, 3.8) is 0 Å². The summed E-state index contributed by atoms with van der Waals surface area (Å²) in [7, 11) is 0. The molecule has 144 valence electrons. The second-order valence-electron chi connectivity index (χ2n) is 5.19. The zero-order valence-electron chi connectivity index (χ0n) is 18.7. The Hall–Kier alpha value is -1.82. The average Bonchev–Trinajstić information content (AvgIpc) is 2.62. The fourth-order valence-electron chi connectivity index (χ4n) is 1.19. The second kappa shape index (κ2) is 27.0. The van der Waals surface area contributed by atoms with E-state index in [9.17, 15) is 0 Å². The number of rotatable bonds is 3. The molecule has 0 bridgehead atoms. The van der Waals surface area contributed by atoms with E-state index in [1.807, 2.05) is 66.7 Å². The van der Waals surface area contributed by atoms with Crippen molar-refractivity contribution in [2.75, 3.05) is 0 Å². The smallest absolute Gasteiger partial charge is 0.0308 e. The zero-order chi connectivity index (χ0) is 20.7. The molecule has 0 spiro atoms. The molecule has 0 aliphatic rings. The Labute approximate surface area is 160 Å². The summed E-state index contributed by atoms with van der Waals surface area (Å²) in [6.45, 7) is 27.5. The number of aryl methyl sites for hydroxylation is 2. The van der Waals surface area contributed by atoms with Crippen LogP contribution in [0.15, 0.2) is 72.9 Å². The maximum absolute atomic E-state index is 3.68. The molecule has 0 amide bonds. The molecule has 0 unspecified atom stereocenters. The molecule has 0 radical (unpaired) electrons. The summed E-state index contributed by atoms with van der Waals surface area (Å²) in [5, 5.41) is 0. The minimum Gasteiger partial charge on any atom is -0.100 e. The van der Waals surface area contributed by atoms with Crippen LogP contribution in [0.3, 0.4) is 0 Å². The first-order valence-electron chi connectivity index (χ1n) is 9.47. The summed E-state index contributed by atoms with van der Waals surface area (Å²) >= 11 is 0. The SMILES string of the molecule is C=C(C)C.C=C/C(=C\C=C/C)CC.CC.CC.Cc1ccc(C)cc1. The molecule has 1 aromatic carbocycles. The van der Waals surface area contributed by atoms with Gasteiger partial charge in [-0.2, -0.15) is 0 Å². The first-order chi connectivity index (χ1) is 11.9. The monoisotopic (exact) mass is 344 g/mol. The van der Waals surface area contributed by atoms with Gasteiger partial charge in [-0.1, -0.05) is 106 Å². The third-order valence-corrected chi connectivity index (χ3v) is 2.39. The fraction of sp³-hybridized carbons (Fsp3) is 0.440. The van der Waals surface area contributed by atoms with Gasteiger partial charge in [0, 0.05) is 0 Å². The Morgan fingerprint density at radius 3 is 1.44 bits per heavy atom. The van der Waals surface area contributed by atoms with Crippen molar-refractivity contribution < 1.29 is 0 Å². The van der Waals surface area contributed by atoms with Gasteiger partial charge in [0.25, 0.3) is 0 Å². The van der Waals surface area contributed by atoms with Crippen LogP contribution in [0.1, 0.15) is 72.9 Å². The number of benzene rings is 1. The highest BCUT2D eigenvalue weighted by Crippen LogP contribution is 2.00. The summed E-state index contributed by atoms with van der Waals surface area (Å²) in [6.07, 6.45) is 9.07. The highest BCUT2D eigenvalue weighted by atomic mass is 13.9. The molecule has 0 saturated heterocycles. The molecule has 0 aliphatic carbocycles. The minimum atomic E-state index is 1.06. The molecular formula is C25H44. The number of allylic oxidation sites excluding steroid dienone is 6. The van der Waals surface area contributed by atoms with Crippen LogP contribution in [0.2, 0.25) is 0 Å². The van der Waals surface area contributed by atoms with Crippen LogP contribution in [0.25, 0.3) is 0 Å². The quantitative estimate of drug-likeness (QED) is 0.379. The molecule has 1 aromatic rings. The van der Waals surface area contributed by atoms with Crippen molar-refractivity contribution in [3.8, 4) is 0 Å². The molecular weight excluding hydrogens is 300 g/mol. The maximum Gasteiger partial charge on any atom is -0.0308 e. The molecule has 0 heteroatoms. The normalized spacial score (nSPS) is 8.96. The Morgan fingerprint density at radius 1 is 0.920 bits per heavy atom. The molecule has 0 atom stereocenters. The lowest BCUT2D eigenvalue weighted by Gasteiger charge is -1.90. The number of hydrogen-bond acceptors (Lipinski definition) is 0. The van der Waals surface area contributed by atoms with E-state index < -0.39 is 0 Å². The van der Waals surface area contributed by atoms with Crippen molar-refractivity contribution in [2.24, 2.45) is 0 Å². The summed E-state index contributed by atoms with van der Waals surface area (Å²) in [5.74, 6) is 0. The average molecular weight is 345 g/mol. The van der Waals surface area contributed by atoms with Crippen molar-refractivity contribution >= 4 is 0 Å². The Kier molecular flexibility index (Phi) is 33.5. The van der Waals surface area contributed by atoms with E-state index in [0.29, 0.717) is 0 Å². The van der Waals surface area contributed by atoms with Gasteiger partial charge >= 0.3 is 0 Å². The minimum absolute atomic E-state index is 1.06. The Morgan fingerprint density at radius 2 is 1.24 bits per heavy atom. The van der Waals surface area contributed by atoms with Crippen LogP contribution in [0.5, 0.6) is 0 Å². The Balaban J connectivity index is -0.000000126. The third kappa shape index (κ3) is 34.5. The van der Waals surface area contributed by atoms with Crippen LogP contribution in [-0.2, 0) is 0 Å². The lowest BCUT2D eigenvalue weighted by Crippen LogP contribution is -1.70. The molecule has 0 N–H and O–H groups in total. The van der Waals surface area contributed by atoms with E-state index in [-0.39, 0.29) is 0 Å². The van der Waals surface area contributed by atoms with Crippen LogP contribution >= 0.6 is 0 Å². The molecule has 0 saturated carbocycles. The van der Waals surface area contributed by atoms with Crippen LogP contribution in [0.4, 0.5) is 0 Å². The first kappa shape index (κ1) is 31.0. The first-order valence-corrected chi connectivity index (χ1v) is 9.47. The van der Waals surface area contributed by atoms with Gasteiger partial charge in [0.1, 0.15) is 0 Å². The summed E-state index contributed by atoms with van der Waals surface area (Å²) in [4.78, 5) is 0. The predicted octanol–water partition coefficient (Wildman–Crippen LogP) is 9.02. The topological polar surface area (TPSA) is 0 Å². The second-order valence-corrected chi connectivity index (χ2v) is 5.19. The van der Waals surface area contributed by atoms with Crippen molar-refractivity contribution in [1.29, 1.82) is 0 Å². The highest BCUT2D eigenvalue weighted by Gasteiger charge is 1.80. The van der Waals surface area contributed by atoms with Gasteiger partial charge in [-0.25, -0.2) is 0 Å². The van der Waals surface area contributed by atoms with Gasteiger partial charge < -0.3 is 0 Å². The van der Waals surface area contributed by atoms with E-state index in [4.69, 9.17) is 0 Å². The zero-order valence-corrected chi connectivity index (χ0v) is 18.7. The van der Waals surface area contributed by atoms with Crippen molar-refractivity contribution in [3.05, 3.63) is 84.0 Å². The summed E-state index contributed by atoms with van der Waals surface area (Å²) < 4.78 is 0. The van der Waals surface area contributed by atoms with Crippen LogP contribution in [-0.4, -0.2) is 0 Å². The Bertz CT molecular complexity index is 416. The maximum atomic E-state index is 3.68. The standard InChI is InChI=1S/C9H14.C8H10.C4H8.2C2H6/c1-4-7-8-9(5-2)6-3;1-7-3-5-8(2)6-4-7;1-4(2)3;2*1-2/h4-5,7-8H,2,6H2,1,3H3;3-6H,1-2H3;1H2,2-3H3;2*1-2H3/b7-4-,9-8+;;;;. The predicted molar refractivity (Wildman–Crippen MR) is 122 cm³/mol. The fourth-order valence-corrected chi connectivity index (χ4v) is 1.19. The molecule has 0 heterocycles. The van der Waals surface area contributed by atoms with E-state index in [0.717, 1.165) is 6.42 Å². The van der Waals surface area contributed by atoms with Gasteiger partial charge in [0.05, 0.1) is 0 Å². The van der Waals surface area contributed by atoms with Gasteiger partial charge in [-0.15, -0.1) is 6.58 Å². The number of hydrogen-bond donors (Lipinski definition) is 0. The third-order valence-electron chi connectivity index (χ3n) is 2.39. The van der Waals surface area contributed by atoms with Crippen LogP contribution in [0, 0.1) is 13.8 Å². The lowest BCUT2D eigenvalue weighted by atomic mass is 10.2. The van der Waals surface area contributed by atoms with E-state index in [1.165, 1.54) is 22.3 Å². The molecule has 0 aliphatic heterocycles. The van der Waals surface area contributed by atoms with Gasteiger partial charge in [0.15, 0.2) is 0 Å². The van der Waals surface area contributed by atoms with Crippen molar-refractivity contribution in [1.82, 2.24) is 0 Å². The van der Waals surface area contributed by atoms with E-state index in [1.54, 1.807) is 0 Å². The van der Waals surface area contributed by atoms with Crippen molar-refractivity contribution in [2.45, 2.75) is 75.7 Å². The molecule has 25 heavy (non-hydrogen) atoms. The molecule has 1 rings (SSSR count). The van der Waals surface area contributed by atoms with E-state index in [2.05, 4.69) is 64.3 Å². The summed E-state index contributed by atoms with van der Waals surface area (Å²) in [6, 6.07) is 8.48. The summed E-state index contributed by atoms with van der Waals surface area (Å²) in [5.41, 5.74) is 5.11. The molecule has 0 nitrogen and oxygen atoms in total. The lowest BCUT2D eigenvalue weighted by molar-refractivity contribution is 1.15. The van der Waals surface area contributed by atoms with Gasteiger partial charge in [0.2, 0.25) is 0 Å². The largest absolute Gasteiger partial charge is 0.100 e.